The predicted molar refractivity (Wildman–Crippen MR) is 71.4 cm³/mol. The third-order valence-corrected chi connectivity index (χ3v) is 2.74. The highest BCUT2D eigenvalue weighted by Gasteiger charge is 2.17. The molecule has 0 saturated carbocycles. The lowest BCUT2D eigenvalue weighted by atomic mass is 10.3. The summed E-state index contributed by atoms with van der Waals surface area (Å²) in [5.41, 5.74) is 0. The van der Waals surface area contributed by atoms with Crippen LogP contribution in [0.25, 0.3) is 0 Å². The van der Waals surface area contributed by atoms with Crippen LogP contribution < -0.4 is 10.1 Å². The molecule has 2 aromatic rings. The Kier molecular flexibility index (Phi) is 4.24. The van der Waals surface area contributed by atoms with Gasteiger partial charge in [-0.25, -0.2) is 4.39 Å². The summed E-state index contributed by atoms with van der Waals surface area (Å²) in [7, 11) is 0. The number of aromatic nitrogens is 1. The number of carbonyl (C=O) groups is 1. The van der Waals surface area contributed by atoms with Crippen molar-refractivity contribution >= 4 is 23.3 Å². The van der Waals surface area contributed by atoms with E-state index in [1.165, 1.54) is 18.2 Å². The van der Waals surface area contributed by atoms with Gasteiger partial charge in [-0.15, -0.1) is 0 Å². The van der Waals surface area contributed by atoms with Crippen molar-refractivity contribution in [2.75, 3.05) is 5.32 Å². The Morgan fingerprint density at radius 2 is 2.25 bits per heavy atom. The zero-order valence-electron chi connectivity index (χ0n) is 10.8. The first-order valence-corrected chi connectivity index (χ1v) is 6.19. The quantitative estimate of drug-likeness (QED) is 0.941. The van der Waals surface area contributed by atoms with Crippen LogP contribution in [-0.4, -0.2) is 17.2 Å². The highest BCUT2D eigenvalue weighted by atomic mass is 35.5. The molecule has 7 heteroatoms. The first-order chi connectivity index (χ1) is 9.45. The van der Waals surface area contributed by atoms with E-state index in [2.05, 4.69) is 10.5 Å². The molecule has 0 aliphatic rings. The average Bonchev–Trinajstić information content (AvgIpc) is 2.79. The molecule has 1 N–H and O–H groups in total. The van der Waals surface area contributed by atoms with Crippen molar-refractivity contribution < 1.29 is 18.4 Å². The summed E-state index contributed by atoms with van der Waals surface area (Å²) >= 11 is 5.63. The molecule has 0 bridgehead atoms. The lowest BCUT2D eigenvalue weighted by Gasteiger charge is -2.13. The summed E-state index contributed by atoms with van der Waals surface area (Å²) in [6.45, 7) is 3.27. The van der Waals surface area contributed by atoms with E-state index in [1.807, 2.05) is 0 Å². The molecule has 0 spiro atoms. The number of hydrogen-bond donors (Lipinski definition) is 1. The van der Waals surface area contributed by atoms with Crippen LogP contribution in [-0.2, 0) is 4.79 Å². The maximum atomic E-state index is 13.0. The standard InChI is InChI=1S/C13H12ClFN2O3/c1-7-5-12(17-20-7)16-13(18)8(2)19-9-3-4-11(15)10(14)6-9/h3-6,8H,1-2H3,(H,16,17,18). The number of nitrogens with one attached hydrogen (secondary N) is 1. The summed E-state index contributed by atoms with van der Waals surface area (Å²) in [5.74, 6) is 0.239. The molecule has 5 nitrogen and oxygen atoms in total. The number of halogens is 2. The summed E-state index contributed by atoms with van der Waals surface area (Å²) in [6.07, 6.45) is -0.798. The monoisotopic (exact) mass is 298 g/mol. The minimum absolute atomic E-state index is 0.0674. The second-order valence-electron chi connectivity index (χ2n) is 4.15. The Bertz CT molecular complexity index is 630. The average molecular weight is 299 g/mol. The Balaban J connectivity index is 1.98. The molecular formula is C13H12ClFN2O3. The fraction of sp³-hybridized carbons (Fsp3) is 0.231. The molecular weight excluding hydrogens is 287 g/mol. The van der Waals surface area contributed by atoms with Crippen molar-refractivity contribution in [2.24, 2.45) is 0 Å². The van der Waals surface area contributed by atoms with Gasteiger partial charge in [0.2, 0.25) is 0 Å². The van der Waals surface area contributed by atoms with Gasteiger partial charge >= 0.3 is 0 Å². The number of carbonyl (C=O) groups excluding carboxylic acids is 1. The molecule has 0 radical (unpaired) electrons. The molecule has 1 aromatic carbocycles. The molecule has 0 fully saturated rings. The first kappa shape index (κ1) is 14.3. The molecule has 1 amide bonds. The molecule has 1 aromatic heterocycles. The number of ether oxygens (including phenoxy) is 1. The summed E-state index contributed by atoms with van der Waals surface area (Å²) in [5, 5.41) is 6.10. The van der Waals surface area contributed by atoms with Gasteiger partial charge in [0, 0.05) is 12.1 Å². The van der Waals surface area contributed by atoms with Crippen molar-refractivity contribution in [1.82, 2.24) is 5.16 Å². The van der Waals surface area contributed by atoms with Crippen LogP contribution in [0.2, 0.25) is 5.02 Å². The third-order valence-electron chi connectivity index (χ3n) is 2.45. The van der Waals surface area contributed by atoms with E-state index in [1.54, 1.807) is 19.9 Å². The summed E-state index contributed by atoms with van der Waals surface area (Å²) in [4.78, 5) is 11.9. The minimum atomic E-state index is -0.798. The number of rotatable bonds is 4. The Hall–Kier alpha value is -2.08. The molecule has 1 heterocycles. The first-order valence-electron chi connectivity index (χ1n) is 5.81. The number of hydrogen-bond acceptors (Lipinski definition) is 4. The van der Waals surface area contributed by atoms with E-state index in [9.17, 15) is 9.18 Å². The number of amides is 1. The predicted octanol–water partition coefficient (Wildman–Crippen LogP) is 3.18. The molecule has 1 unspecified atom stereocenters. The Morgan fingerprint density at radius 3 is 2.85 bits per heavy atom. The zero-order chi connectivity index (χ0) is 14.7. The molecule has 0 saturated heterocycles. The van der Waals surface area contributed by atoms with Gasteiger partial charge in [-0.1, -0.05) is 16.8 Å². The number of nitrogens with zero attached hydrogens (tertiary/aromatic N) is 1. The van der Waals surface area contributed by atoms with Crippen LogP contribution in [0.3, 0.4) is 0 Å². The smallest absolute Gasteiger partial charge is 0.266 e. The highest BCUT2D eigenvalue weighted by Crippen LogP contribution is 2.22. The fourth-order valence-corrected chi connectivity index (χ4v) is 1.63. The minimum Gasteiger partial charge on any atom is -0.481 e. The topological polar surface area (TPSA) is 64.4 Å². The lowest BCUT2D eigenvalue weighted by Crippen LogP contribution is -2.30. The molecule has 106 valence electrons. The van der Waals surface area contributed by atoms with Crippen LogP contribution in [0, 0.1) is 12.7 Å². The maximum absolute atomic E-state index is 13.0. The van der Waals surface area contributed by atoms with E-state index >= 15 is 0 Å². The second-order valence-corrected chi connectivity index (χ2v) is 4.56. The lowest BCUT2D eigenvalue weighted by molar-refractivity contribution is -0.122. The van der Waals surface area contributed by atoms with Gasteiger partial charge in [-0.05, 0) is 26.0 Å². The third kappa shape index (κ3) is 3.48. The van der Waals surface area contributed by atoms with Gasteiger partial charge < -0.3 is 14.6 Å². The molecule has 0 aliphatic heterocycles. The van der Waals surface area contributed by atoms with Crippen LogP contribution in [0.4, 0.5) is 10.2 Å². The van der Waals surface area contributed by atoms with Crippen molar-refractivity contribution in [1.29, 1.82) is 0 Å². The van der Waals surface area contributed by atoms with Gasteiger partial charge in [0.1, 0.15) is 17.3 Å². The van der Waals surface area contributed by atoms with Crippen molar-refractivity contribution in [3.63, 3.8) is 0 Å². The van der Waals surface area contributed by atoms with Gasteiger partial charge in [-0.3, -0.25) is 4.79 Å². The number of benzene rings is 1. The van der Waals surface area contributed by atoms with Crippen molar-refractivity contribution in [2.45, 2.75) is 20.0 Å². The maximum Gasteiger partial charge on any atom is 0.266 e. The number of aryl methyl sites for hydroxylation is 1. The zero-order valence-corrected chi connectivity index (χ0v) is 11.6. The second kappa shape index (κ2) is 5.92. The van der Waals surface area contributed by atoms with E-state index in [0.29, 0.717) is 17.3 Å². The van der Waals surface area contributed by atoms with E-state index < -0.39 is 17.8 Å². The molecule has 2 rings (SSSR count). The SMILES string of the molecule is Cc1cc(NC(=O)C(C)Oc2ccc(F)c(Cl)c2)no1. The Morgan fingerprint density at radius 1 is 1.50 bits per heavy atom. The van der Waals surface area contributed by atoms with Crippen LogP contribution in [0.15, 0.2) is 28.8 Å². The van der Waals surface area contributed by atoms with Crippen molar-refractivity contribution in [3.05, 3.63) is 40.9 Å². The largest absolute Gasteiger partial charge is 0.481 e. The van der Waals surface area contributed by atoms with Gasteiger partial charge in [0.25, 0.3) is 5.91 Å². The molecule has 1 atom stereocenters. The Labute approximate surface area is 119 Å². The summed E-state index contributed by atoms with van der Waals surface area (Å²) < 4.78 is 23.2. The van der Waals surface area contributed by atoms with Crippen molar-refractivity contribution in [3.8, 4) is 5.75 Å². The van der Waals surface area contributed by atoms with Crippen LogP contribution >= 0.6 is 11.6 Å². The molecule has 20 heavy (non-hydrogen) atoms. The van der Waals surface area contributed by atoms with E-state index in [4.69, 9.17) is 20.9 Å². The van der Waals surface area contributed by atoms with E-state index in [-0.39, 0.29) is 5.02 Å². The number of anilines is 1. The van der Waals surface area contributed by atoms with Crippen LogP contribution in [0.5, 0.6) is 5.75 Å². The van der Waals surface area contributed by atoms with Gasteiger partial charge in [0.15, 0.2) is 11.9 Å². The van der Waals surface area contributed by atoms with Crippen LogP contribution in [0.1, 0.15) is 12.7 Å². The van der Waals surface area contributed by atoms with Gasteiger partial charge in [0.05, 0.1) is 5.02 Å². The normalized spacial score (nSPS) is 12.0. The summed E-state index contributed by atoms with van der Waals surface area (Å²) in [6, 6.07) is 5.45. The molecule has 0 aliphatic carbocycles. The highest BCUT2D eigenvalue weighted by molar-refractivity contribution is 6.30. The van der Waals surface area contributed by atoms with Gasteiger partial charge in [-0.2, -0.15) is 0 Å². The van der Waals surface area contributed by atoms with E-state index in [0.717, 1.165) is 0 Å². The fourth-order valence-electron chi connectivity index (χ4n) is 1.46.